The number of halogens is 1. The van der Waals surface area contributed by atoms with Crippen molar-refractivity contribution in [3.63, 3.8) is 0 Å². The Balaban J connectivity index is 2.06. The van der Waals surface area contributed by atoms with Gasteiger partial charge in [-0.25, -0.2) is 0 Å². The van der Waals surface area contributed by atoms with Gasteiger partial charge >= 0.3 is 0 Å². The van der Waals surface area contributed by atoms with Crippen molar-refractivity contribution in [3.05, 3.63) is 28.2 Å². The Morgan fingerprint density at radius 3 is 3.14 bits per heavy atom. The molecule has 2 rings (SSSR count). The molecule has 0 radical (unpaired) electrons. The Bertz CT molecular complexity index is 445. The largest absolute Gasteiger partial charge is 0.394 e. The fourth-order valence-electron chi connectivity index (χ4n) is 2.45. The lowest BCUT2D eigenvalue weighted by Crippen LogP contribution is -2.44. The summed E-state index contributed by atoms with van der Waals surface area (Å²) in [6, 6.07) is 6.31. The lowest BCUT2D eigenvalue weighted by molar-refractivity contribution is 0.00352. The summed E-state index contributed by atoms with van der Waals surface area (Å²) in [5.41, 5.74) is 2.43. The van der Waals surface area contributed by atoms with Gasteiger partial charge < -0.3 is 24.8 Å². The van der Waals surface area contributed by atoms with Gasteiger partial charge in [-0.15, -0.1) is 0 Å². The van der Waals surface area contributed by atoms with Gasteiger partial charge in [0.1, 0.15) is 0 Å². The first kappa shape index (κ1) is 16.7. The number of morpholine rings is 1. The van der Waals surface area contributed by atoms with Gasteiger partial charge in [0.2, 0.25) is 0 Å². The molecule has 6 heteroatoms. The van der Waals surface area contributed by atoms with Gasteiger partial charge in [-0.3, -0.25) is 0 Å². The lowest BCUT2D eigenvalue weighted by atomic mass is 10.1. The van der Waals surface area contributed by atoms with E-state index in [0.717, 1.165) is 30.7 Å². The molecular formula is C15H23BrN2O3. The second-order valence-corrected chi connectivity index (χ2v) is 5.98. The molecule has 1 fully saturated rings. The Hall–Kier alpha value is -0.660. The molecule has 0 saturated carbocycles. The SMILES string of the molecule is COCCNCc1cc(Br)ccc1N1CCOC(CO)C1. The summed E-state index contributed by atoms with van der Waals surface area (Å²) in [5, 5.41) is 12.7. The zero-order chi connectivity index (χ0) is 15.1. The average molecular weight is 359 g/mol. The maximum atomic E-state index is 9.28. The van der Waals surface area contributed by atoms with Gasteiger partial charge in [0.15, 0.2) is 0 Å². The number of rotatable bonds is 7. The summed E-state index contributed by atoms with van der Waals surface area (Å²) >= 11 is 3.53. The van der Waals surface area contributed by atoms with Crippen LogP contribution in [0.3, 0.4) is 0 Å². The van der Waals surface area contributed by atoms with Gasteiger partial charge in [-0.05, 0) is 23.8 Å². The molecule has 1 aromatic rings. The third-order valence-electron chi connectivity index (χ3n) is 3.52. The monoisotopic (exact) mass is 358 g/mol. The van der Waals surface area contributed by atoms with Crippen LogP contribution in [0, 0.1) is 0 Å². The Morgan fingerprint density at radius 1 is 1.52 bits per heavy atom. The van der Waals surface area contributed by atoms with E-state index in [-0.39, 0.29) is 12.7 Å². The lowest BCUT2D eigenvalue weighted by Gasteiger charge is -2.35. The molecule has 1 aromatic carbocycles. The number of anilines is 1. The summed E-state index contributed by atoms with van der Waals surface area (Å²) in [4.78, 5) is 2.28. The van der Waals surface area contributed by atoms with E-state index in [1.807, 2.05) is 0 Å². The first-order valence-corrected chi connectivity index (χ1v) is 7.99. The minimum Gasteiger partial charge on any atom is -0.394 e. The number of ether oxygens (including phenoxy) is 2. The molecule has 1 heterocycles. The summed E-state index contributed by atoms with van der Waals surface area (Å²) < 4.78 is 11.6. The van der Waals surface area contributed by atoms with E-state index in [9.17, 15) is 5.11 Å². The Morgan fingerprint density at radius 2 is 2.38 bits per heavy atom. The van der Waals surface area contributed by atoms with Gasteiger partial charge in [0, 0.05) is 43.4 Å². The van der Waals surface area contributed by atoms with Gasteiger partial charge in [0.25, 0.3) is 0 Å². The number of aliphatic hydroxyl groups excluding tert-OH is 1. The number of benzene rings is 1. The standard InChI is InChI=1S/C15H23BrN2O3/c1-20-6-4-17-9-12-8-13(16)2-3-15(12)18-5-7-21-14(10-18)11-19/h2-3,8,14,17,19H,4-7,9-11H2,1H3. The highest BCUT2D eigenvalue weighted by Crippen LogP contribution is 2.26. The Kier molecular flexibility index (Phi) is 6.92. The second kappa shape index (κ2) is 8.70. The molecule has 0 bridgehead atoms. The second-order valence-electron chi connectivity index (χ2n) is 5.06. The third kappa shape index (κ3) is 4.93. The minimum absolute atomic E-state index is 0.0639. The van der Waals surface area contributed by atoms with Crippen LogP contribution in [-0.2, 0) is 16.0 Å². The van der Waals surface area contributed by atoms with Crippen molar-refractivity contribution >= 4 is 21.6 Å². The highest BCUT2D eigenvalue weighted by Gasteiger charge is 2.21. The van der Waals surface area contributed by atoms with Crippen molar-refractivity contribution in [2.24, 2.45) is 0 Å². The summed E-state index contributed by atoms with van der Waals surface area (Å²) in [5.74, 6) is 0. The molecule has 0 spiro atoms. The van der Waals surface area contributed by atoms with Crippen molar-refractivity contribution < 1.29 is 14.6 Å². The molecule has 1 unspecified atom stereocenters. The number of methoxy groups -OCH3 is 1. The maximum Gasteiger partial charge on any atom is 0.0980 e. The Labute approximate surface area is 134 Å². The van der Waals surface area contributed by atoms with E-state index in [0.29, 0.717) is 13.2 Å². The number of nitrogens with one attached hydrogen (secondary N) is 1. The summed E-state index contributed by atoms with van der Waals surface area (Å²) in [7, 11) is 1.70. The number of nitrogens with zero attached hydrogens (tertiary/aromatic N) is 1. The highest BCUT2D eigenvalue weighted by atomic mass is 79.9. The zero-order valence-corrected chi connectivity index (χ0v) is 13.9. The third-order valence-corrected chi connectivity index (χ3v) is 4.02. The molecule has 21 heavy (non-hydrogen) atoms. The molecule has 118 valence electrons. The van der Waals surface area contributed by atoms with Crippen LogP contribution in [0.4, 0.5) is 5.69 Å². The van der Waals surface area contributed by atoms with Crippen molar-refractivity contribution in [1.29, 1.82) is 0 Å². The topological polar surface area (TPSA) is 54.0 Å². The van der Waals surface area contributed by atoms with E-state index in [2.05, 4.69) is 44.3 Å². The maximum absolute atomic E-state index is 9.28. The average Bonchev–Trinajstić information content (AvgIpc) is 2.52. The summed E-state index contributed by atoms with van der Waals surface area (Å²) in [6.45, 7) is 4.61. The van der Waals surface area contributed by atoms with Gasteiger partial charge in [0.05, 0.1) is 25.9 Å². The van der Waals surface area contributed by atoms with Gasteiger partial charge in [-0.2, -0.15) is 0 Å². The van der Waals surface area contributed by atoms with Crippen LogP contribution in [-0.4, -0.2) is 57.8 Å². The molecule has 0 amide bonds. The van der Waals surface area contributed by atoms with Crippen molar-refractivity contribution in [3.8, 4) is 0 Å². The molecule has 1 aliphatic rings. The van der Waals surface area contributed by atoms with E-state index < -0.39 is 0 Å². The number of aliphatic hydroxyl groups is 1. The van der Waals surface area contributed by atoms with E-state index in [4.69, 9.17) is 9.47 Å². The molecule has 1 aliphatic heterocycles. The van der Waals surface area contributed by atoms with Crippen LogP contribution in [0.15, 0.2) is 22.7 Å². The van der Waals surface area contributed by atoms with Crippen LogP contribution in [0.25, 0.3) is 0 Å². The van der Waals surface area contributed by atoms with E-state index in [1.54, 1.807) is 7.11 Å². The van der Waals surface area contributed by atoms with Crippen LogP contribution >= 0.6 is 15.9 Å². The zero-order valence-electron chi connectivity index (χ0n) is 12.3. The first-order valence-electron chi connectivity index (χ1n) is 7.20. The van der Waals surface area contributed by atoms with Crippen LogP contribution in [0.1, 0.15) is 5.56 Å². The molecular weight excluding hydrogens is 336 g/mol. The van der Waals surface area contributed by atoms with Gasteiger partial charge in [-0.1, -0.05) is 15.9 Å². The normalized spacial score (nSPS) is 19.0. The van der Waals surface area contributed by atoms with E-state index >= 15 is 0 Å². The van der Waals surface area contributed by atoms with Crippen molar-refractivity contribution in [1.82, 2.24) is 5.32 Å². The van der Waals surface area contributed by atoms with Crippen molar-refractivity contribution in [2.75, 3.05) is 51.5 Å². The summed E-state index contributed by atoms with van der Waals surface area (Å²) in [6.07, 6.45) is -0.100. The first-order chi connectivity index (χ1) is 10.2. The van der Waals surface area contributed by atoms with Crippen LogP contribution in [0.2, 0.25) is 0 Å². The molecule has 0 aliphatic carbocycles. The van der Waals surface area contributed by atoms with E-state index in [1.165, 1.54) is 11.3 Å². The fourth-order valence-corrected chi connectivity index (χ4v) is 2.86. The predicted octanol–water partition coefficient (Wildman–Crippen LogP) is 1.38. The number of hydrogen-bond donors (Lipinski definition) is 2. The molecule has 2 N–H and O–H groups in total. The molecule has 5 nitrogen and oxygen atoms in total. The number of hydrogen-bond acceptors (Lipinski definition) is 5. The molecule has 0 aromatic heterocycles. The minimum atomic E-state index is -0.100. The van der Waals surface area contributed by atoms with Crippen LogP contribution < -0.4 is 10.2 Å². The molecule has 1 atom stereocenters. The smallest absolute Gasteiger partial charge is 0.0980 e. The molecule has 1 saturated heterocycles. The van der Waals surface area contributed by atoms with Crippen molar-refractivity contribution in [2.45, 2.75) is 12.6 Å². The fraction of sp³-hybridized carbons (Fsp3) is 0.600. The highest BCUT2D eigenvalue weighted by molar-refractivity contribution is 9.10. The quantitative estimate of drug-likeness (QED) is 0.721. The predicted molar refractivity (Wildman–Crippen MR) is 86.8 cm³/mol. The van der Waals surface area contributed by atoms with Crippen LogP contribution in [0.5, 0.6) is 0 Å².